The SMILES string of the molecule is C=C(C)C1CC[C@]2(COC(=O)CCN3CCCCC3)CC[C@]3(C)C(CCC4[C@@]5(C)CC[C@H](OC(=O)CCN6CCCCC6)C(C)(C)C5CC[C@]43C)C12. The summed E-state index contributed by atoms with van der Waals surface area (Å²) < 4.78 is 12.7. The van der Waals surface area contributed by atoms with E-state index in [1.165, 1.54) is 102 Å². The summed E-state index contributed by atoms with van der Waals surface area (Å²) in [5.74, 6) is 3.00. The Labute approximate surface area is 318 Å². The van der Waals surface area contributed by atoms with Crippen LogP contribution in [0.3, 0.4) is 0 Å². The largest absolute Gasteiger partial charge is 0.465 e. The standard InChI is InChI=1S/C46H76N2O4/c1-33(2)34-16-23-46(32-51-39(49)19-30-47-26-10-8-11-27-47)25-24-44(6)35(41(34)46)14-15-37-43(5)21-18-38(42(3,4)36(43)17-22-45(37,44)7)52-40(50)20-31-48-28-12-9-13-29-48/h34-38,41H,1,8-32H2,2-7H3/t34?,35?,36?,37?,38-,41?,43-,44+,45+,46+/m0/s1. The van der Waals surface area contributed by atoms with E-state index in [4.69, 9.17) is 9.47 Å². The van der Waals surface area contributed by atoms with Gasteiger partial charge in [0.2, 0.25) is 0 Å². The molecule has 5 unspecified atom stereocenters. The Bertz CT molecular complexity index is 1320. The van der Waals surface area contributed by atoms with Crippen molar-refractivity contribution < 1.29 is 19.1 Å². The normalized spacial score (nSPS) is 43.3. The van der Waals surface area contributed by atoms with Gasteiger partial charge >= 0.3 is 11.9 Å². The van der Waals surface area contributed by atoms with Crippen molar-refractivity contribution in [3.8, 4) is 0 Å². The molecule has 7 fully saturated rings. The topological polar surface area (TPSA) is 59.1 Å². The third-order valence-electron chi connectivity index (χ3n) is 18.1. The van der Waals surface area contributed by atoms with Crippen LogP contribution >= 0.6 is 0 Å². The molecule has 0 amide bonds. The first kappa shape index (κ1) is 38.9. The lowest BCUT2D eigenvalue weighted by Gasteiger charge is -2.73. The number of hydrogen-bond acceptors (Lipinski definition) is 6. The van der Waals surface area contributed by atoms with Crippen molar-refractivity contribution in [1.82, 2.24) is 9.80 Å². The van der Waals surface area contributed by atoms with Crippen molar-refractivity contribution in [2.45, 2.75) is 163 Å². The van der Waals surface area contributed by atoms with Crippen LogP contribution in [0.25, 0.3) is 0 Å². The Morgan fingerprint density at radius 1 is 0.673 bits per heavy atom. The summed E-state index contributed by atoms with van der Waals surface area (Å²) in [6, 6.07) is 0. The van der Waals surface area contributed by atoms with Gasteiger partial charge in [-0.1, -0.05) is 59.6 Å². The van der Waals surface area contributed by atoms with Gasteiger partial charge in [0.15, 0.2) is 0 Å². The molecule has 52 heavy (non-hydrogen) atoms. The molecule has 0 aromatic rings. The highest BCUT2D eigenvalue weighted by Gasteiger charge is 2.71. The van der Waals surface area contributed by atoms with Crippen molar-refractivity contribution in [3.63, 3.8) is 0 Å². The number of carbonyl (C=O) groups is 2. The minimum absolute atomic E-state index is 0.0126. The predicted molar refractivity (Wildman–Crippen MR) is 210 cm³/mol. The maximum absolute atomic E-state index is 13.2. The van der Waals surface area contributed by atoms with Crippen LogP contribution in [0.1, 0.15) is 157 Å². The van der Waals surface area contributed by atoms with Crippen LogP contribution in [0.15, 0.2) is 12.2 Å². The smallest absolute Gasteiger partial charge is 0.307 e. The average Bonchev–Trinajstić information content (AvgIpc) is 3.52. The Morgan fingerprint density at radius 2 is 1.31 bits per heavy atom. The van der Waals surface area contributed by atoms with E-state index in [9.17, 15) is 9.59 Å². The lowest BCUT2D eigenvalue weighted by Crippen LogP contribution is -2.67. The van der Waals surface area contributed by atoms with Crippen molar-refractivity contribution in [3.05, 3.63) is 12.2 Å². The zero-order chi connectivity index (χ0) is 36.9. The van der Waals surface area contributed by atoms with Gasteiger partial charge in [-0.15, -0.1) is 0 Å². The number of rotatable bonds is 10. The predicted octanol–water partition coefficient (Wildman–Crippen LogP) is 9.85. The fraction of sp³-hybridized carbons (Fsp3) is 0.913. The summed E-state index contributed by atoms with van der Waals surface area (Å²) in [6.45, 7) is 26.6. The second-order valence-corrected chi connectivity index (χ2v) is 20.9. The van der Waals surface area contributed by atoms with Crippen LogP contribution in [-0.2, 0) is 19.1 Å². The lowest BCUT2D eigenvalue weighted by atomic mass is 9.32. The molecule has 0 spiro atoms. The molecule has 5 saturated carbocycles. The van der Waals surface area contributed by atoms with Gasteiger partial charge in [-0.2, -0.15) is 0 Å². The van der Waals surface area contributed by atoms with Crippen LogP contribution < -0.4 is 0 Å². The maximum atomic E-state index is 13.2. The van der Waals surface area contributed by atoms with E-state index < -0.39 is 0 Å². The molecule has 0 radical (unpaired) electrons. The van der Waals surface area contributed by atoms with Crippen molar-refractivity contribution in [1.29, 1.82) is 0 Å². The zero-order valence-corrected chi connectivity index (χ0v) is 34.4. The molecule has 294 valence electrons. The van der Waals surface area contributed by atoms with Crippen LogP contribution in [0.4, 0.5) is 0 Å². The third kappa shape index (κ3) is 6.76. The molecular formula is C46H76N2O4. The number of esters is 2. The van der Waals surface area contributed by atoms with Crippen LogP contribution in [0, 0.1) is 56.7 Å². The summed E-state index contributed by atoms with van der Waals surface area (Å²) in [6.07, 6.45) is 20.8. The van der Waals surface area contributed by atoms with Crippen LogP contribution in [0.5, 0.6) is 0 Å². The molecule has 2 aliphatic heterocycles. The minimum atomic E-state index is -0.0248. The number of ether oxygens (including phenoxy) is 2. The highest BCUT2D eigenvalue weighted by molar-refractivity contribution is 5.70. The van der Waals surface area contributed by atoms with Crippen molar-refractivity contribution >= 4 is 11.9 Å². The number of carbonyl (C=O) groups excluding carboxylic acids is 2. The van der Waals surface area contributed by atoms with E-state index in [0.29, 0.717) is 49.0 Å². The number of allylic oxidation sites excluding steroid dienone is 1. The van der Waals surface area contributed by atoms with Crippen molar-refractivity contribution in [2.24, 2.45) is 56.7 Å². The molecule has 0 aromatic carbocycles. The number of piperidine rings is 2. The Balaban J connectivity index is 1.04. The molecular weight excluding hydrogens is 645 g/mol. The quantitative estimate of drug-likeness (QED) is 0.166. The van der Waals surface area contributed by atoms with E-state index in [2.05, 4.69) is 57.9 Å². The third-order valence-corrected chi connectivity index (χ3v) is 18.1. The second kappa shape index (κ2) is 14.9. The zero-order valence-electron chi connectivity index (χ0n) is 34.4. The molecule has 7 rings (SSSR count). The van der Waals surface area contributed by atoms with Gasteiger partial charge in [0.05, 0.1) is 19.4 Å². The van der Waals surface area contributed by atoms with Gasteiger partial charge in [-0.25, -0.2) is 0 Å². The fourth-order valence-corrected chi connectivity index (χ4v) is 15.1. The first-order chi connectivity index (χ1) is 24.7. The lowest BCUT2D eigenvalue weighted by molar-refractivity contribution is -0.252. The molecule has 0 N–H and O–H groups in total. The first-order valence-corrected chi connectivity index (χ1v) is 22.2. The maximum Gasteiger partial charge on any atom is 0.307 e. The molecule has 10 atom stereocenters. The Hall–Kier alpha value is -1.40. The van der Waals surface area contributed by atoms with E-state index in [-0.39, 0.29) is 45.1 Å². The van der Waals surface area contributed by atoms with Gasteiger partial charge in [0.1, 0.15) is 6.10 Å². The molecule has 6 heteroatoms. The highest BCUT2D eigenvalue weighted by atomic mass is 16.5. The van der Waals surface area contributed by atoms with Gasteiger partial charge in [0, 0.05) is 23.9 Å². The monoisotopic (exact) mass is 721 g/mol. The van der Waals surface area contributed by atoms with Crippen LogP contribution in [0.2, 0.25) is 0 Å². The molecule has 2 heterocycles. The summed E-state index contributed by atoms with van der Waals surface area (Å²) in [5.41, 5.74) is 2.20. The van der Waals surface area contributed by atoms with E-state index in [1.807, 2.05) is 0 Å². The molecule has 0 aromatic heterocycles. The molecule has 6 nitrogen and oxygen atoms in total. The van der Waals surface area contributed by atoms with E-state index >= 15 is 0 Å². The summed E-state index contributed by atoms with van der Waals surface area (Å²) >= 11 is 0. The number of fused-ring (bicyclic) bond motifs is 7. The van der Waals surface area contributed by atoms with Crippen molar-refractivity contribution in [2.75, 3.05) is 45.9 Å². The molecule has 2 saturated heterocycles. The minimum Gasteiger partial charge on any atom is -0.465 e. The number of likely N-dealkylation sites (tertiary alicyclic amines) is 2. The van der Waals surface area contributed by atoms with E-state index in [0.717, 1.165) is 45.7 Å². The first-order valence-electron chi connectivity index (χ1n) is 22.2. The van der Waals surface area contributed by atoms with Crippen LogP contribution in [-0.4, -0.2) is 73.7 Å². The van der Waals surface area contributed by atoms with Gasteiger partial charge in [0.25, 0.3) is 0 Å². The number of nitrogens with zero attached hydrogens (tertiary/aromatic N) is 2. The molecule has 5 aliphatic carbocycles. The van der Waals surface area contributed by atoms with E-state index in [1.54, 1.807) is 0 Å². The number of hydrogen-bond donors (Lipinski definition) is 0. The highest BCUT2D eigenvalue weighted by Crippen LogP contribution is 2.77. The summed E-state index contributed by atoms with van der Waals surface area (Å²) in [7, 11) is 0. The summed E-state index contributed by atoms with van der Waals surface area (Å²) in [5, 5.41) is 0. The fourth-order valence-electron chi connectivity index (χ4n) is 15.1. The second-order valence-electron chi connectivity index (χ2n) is 20.9. The average molecular weight is 721 g/mol. The summed E-state index contributed by atoms with van der Waals surface area (Å²) in [4.78, 5) is 31.4. The van der Waals surface area contributed by atoms with Gasteiger partial charge in [-0.3, -0.25) is 9.59 Å². The van der Waals surface area contributed by atoms with Gasteiger partial charge in [-0.05, 0) is 169 Å². The van der Waals surface area contributed by atoms with Gasteiger partial charge < -0.3 is 19.3 Å². The Kier molecular flexibility index (Phi) is 11.2. The Morgan fingerprint density at radius 3 is 1.94 bits per heavy atom. The molecule has 7 aliphatic rings. The molecule has 0 bridgehead atoms.